The van der Waals surface area contributed by atoms with Crippen molar-refractivity contribution in [1.29, 1.82) is 0 Å². The number of hydrogen-bond acceptors (Lipinski definition) is 6. The van der Waals surface area contributed by atoms with Crippen molar-refractivity contribution in [3.8, 4) is 0 Å². The molecule has 0 aliphatic carbocycles. The lowest BCUT2D eigenvalue weighted by Gasteiger charge is -2.24. The molecular weight excluding hydrogens is 272 g/mol. The normalized spacial score (nSPS) is 18.4. The van der Waals surface area contributed by atoms with Gasteiger partial charge in [0.05, 0.1) is 12.6 Å². The third-order valence-electron chi connectivity index (χ3n) is 3.59. The van der Waals surface area contributed by atoms with E-state index in [1.54, 1.807) is 17.7 Å². The molecule has 0 spiro atoms. The predicted octanol–water partition coefficient (Wildman–Crippen LogP) is 2.11. The van der Waals surface area contributed by atoms with Crippen molar-refractivity contribution in [2.24, 2.45) is 0 Å². The van der Waals surface area contributed by atoms with Gasteiger partial charge in [0, 0.05) is 19.2 Å². The minimum Gasteiger partial charge on any atom is -0.394 e. The van der Waals surface area contributed by atoms with Gasteiger partial charge in [0.15, 0.2) is 0 Å². The molecule has 1 saturated heterocycles. The Hall–Kier alpha value is -1.66. The van der Waals surface area contributed by atoms with Gasteiger partial charge in [-0.3, -0.25) is 0 Å². The highest BCUT2D eigenvalue weighted by Gasteiger charge is 2.25. The zero-order valence-electron chi connectivity index (χ0n) is 11.2. The second kappa shape index (κ2) is 6.19. The zero-order chi connectivity index (χ0) is 13.8. The van der Waals surface area contributed by atoms with Crippen LogP contribution in [0.25, 0.3) is 0 Å². The van der Waals surface area contributed by atoms with Gasteiger partial charge in [-0.1, -0.05) is 0 Å². The van der Waals surface area contributed by atoms with Gasteiger partial charge in [-0.25, -0.2) is 9.97 Å². The van der Waals surface area contributed by atoms with Gasteiger partial charge in [0.2, 0.25) is 0 Å². The molecular formula is C14H18N4OS. The first-order chi connectivity index (χ1) is 9.86. The number of rotatable bonds is 5. The van der Waals surface area contributed by atoms with E-state index in [1.165, 1.54) is 5.56 Å². The third-order valence-corrected chi connectivity index (χ3v) is 4.32. The van der Waals surface area contributed by atoms with Crippen LogP contribution < -0.4 is 10.2 Å². The second-order valence-electron chi connectivity index (χ2n) is 4.92. The summed E-state index contributed by atoms with van der Waals surface area (Å²) >= 11 is 1.69. The van der Waals surface area contributed by atoms with Crippen molar-refractivity contribution in [2.45, 2.75) is 25.4 Å². The van der Waals surface area contributed by atoms with Gasteiger partial charge in [-0.05, 0) is 35.2 Å². The number of hydrogen-bond donors (Lipinski definition) is 2. The van der Waals surface area contributed by atoms with Crippen LogP contribution in [-0.2, 0) is 6.54 Å². The van der Waals surface area contributed by atoms with Crippen LogP contribution in [0, 0.1) is 0 Å². The van der Waals surface area contributed by atoms with Crippen molar-refractivity contribution in [1.82, 2.24) is 9.97 Å². The monoisotopic (exact) mass is 290 g/mol. The van der Waals surface area contributed by atoms with Crippen molar-refractivity contribution in [3.63, 3.8) is 0 Å². The summed E-state index contributed by atoms with van der Waals surface area (Å²) in [4.78, 5) is 10.7. The molecule has 6 heteroatoms. The Bertz CT molecular complexity index is 546. The number of aliphatic hydroxyl groups excluding tert-OH is 1. The Kier molecular flexibility index (Phi) is 4.13. The van der Waals surface area contributed by atoms with Crippen LogP contribution in [0.5, 0.6) is 0 Å². The molecule has 20 heavy (non-hydrogen) atoms. The predicted molar refractivity (Wildman–Crippen MR) is 81.1 cm³/mol. The van der Waals surface area contributed by atoms with Gasteiger partial charge in [-0.2, -0.15) is 11.3 Å². The standard InChI is InChI=1S/C14H18N4OS/c19-8-12-2-1-4-18(12)14-6-13(16-10-17-14)15-7-11-3-5-20-9-11/h3,5-6,9-10,12,19H,1-2,4,7-8H2,(H,15,16,17)/t12-/m0/s1. The van der Waals surface area contributed by atoms with Gasteiger partial charge in [-0.15, -0.1) is 0 Å². The number of nitrogens with one attached hydrogen (secondary N) is 1. The summed E-state index contributed by atoms with van der Waals surface area (Å²) in [6.07, 6.45) is 3.71. The van der Waals surface area contributed by atoms with Crippen LogP contribution in [0.15, 0.2) is 29.2 Å². The maximum absolute atomic E-state index is 9.40. The second-order valence-corrected chi connectivity index (χ2v) is 5.70. The van der Waals surface area contributed by atoms with E-state index in [-0.39, 0.29) is 12.6 Å². The minimum absolute atomic E-state index is 0.182. The molecule has 1 aliphatic rings. The van der Waals surface area contributed by atoms with E-state index in [4.69, 9.17) is 0 Å². The van der Waals surface area contributed by atoms with E-state index in [0.29, 0.717) is 0 Å². The van der Waals surface area contributed by atoms with E-state index in [2.05, 4.69) is 37.0 Å². The molecule has 1 atom stereocenters. The van der Waals surface area contributed by atoms with Gasteiger partial charge < -0.3 is 15.3 Å². The van der Waals surface area contributed by atoms with Crippen LogP contribution in [0.1, 0.15) is 18.4 Å². The van der Waals surface area contributed by atoms with Gasteiger partial charge >= 0.3 is 0 Å². The number of aromatic nitrogens is 2. The van der Waals surface area contributed by atoms with E-state index >= 15 is 0 Å². The molecule has 1 aliphatic heterocycles. The summed E-state index contributed by atoms with van der Waals surface area (Å²) in [5, 5.41) is 16.9. The number of thiophene rings is 1. The lowest BCUT2D eigenvalue weighted by Crippen LogP contribution is -2.32. The summed E-state index contributed by atoms with van der Waals surface area (Å²) in [7, 11) is 0. The molecule has 2 aromatic rings. The Morgan fingerprint density at radius 3 is 3.20 bits per heavy atom. The van der Waals surface area contributed by atoms with Crippen molar-refractivity contribution < 1.29 is 5.11 Å². The first-order valence-electron chi connectivity index (χ1n) is 6.81. The minimum atomic E-state index is 0.182. The fraction of sp³-hybridized carbons (Fsp3) is 0.429. The smallest absolute Gasteiger partial charge is 0.134 e. The Morgan fingerprint density at radius 1 is 1.45 bits per heavy atom. The molecule has 0 aromatic carbocycles. The first-order valence-corrected chi connectivity index (χ1v) is 7.75. The summed E-state index contributed by atoms with van der Waals surface area (Å²) in [5.41, 5.74) is 1.25. The Morgan fingerprint density at radius 2 is 2.40 bits per heavy atom. The summed E-state index contributed by atoms with van der Waals surface area (Å²) < 4.78 is 0. The SMILES string of the molecule is OC[C@@H]1CCCN1c1cc(NCc2ccsc2)ncn1. The Labute approximate surface area is 122 Å². The summed E-state index contributed by atoms with van der Waals surface area (Å²) in [5.74, 6) is 1.72. The Balaban J connectivity index is 1.69. The average Bonchev–Trinajstić information content (AvgIpc) is 3.16. The van der Waals surface area contributed by atoms with E-state index < -0.39 is 0 Å². The van der Waals surface area contributed by atoms with Crippen LogP contribution in [0.4, 0.5) is 11.6 Å². The molecule has 0 bridgehead atoms. The molecule has 5 nitrogen and oxygen atoms in total. The van der Waals surface area contributed by atoms with Crippen molar-refractivity contribution >= 4 is 23.0 Å². The molecule has 0 saturated carbocycles. The van der Waals surface area contributed by atoms with Crippen LogP contribution in [0.3, 0.4) is 0 Å². The molecule has 0 unspecified atom stereocenters. The van der Waals surface area contributed by atoms with Crippen LogP contribution >= 0.6 is 11.3 Å². The van der Waals surface area contributed by atoms with Crippen molar-refractivity contribution in [3.05, 3.63) is 34.8 Å². The zero-order valence-corrected chi connectivity index (χ0v) is 12.0. The van der Waals surface area contributed by atoms with Crippen LogP contribution in [-0.4, -0.2) is 34.3 Å². The molecule has 3 heterocycles. The summed E-state index contributed by atoms with van der Waals surface area (Å²) in [6.45, 7) is 1.90. The van der Waals surface area contributed by atoms with Gasteiger partial charge in [0.1, 0.15) is 18.0 Å². The molecule has 106 valence electrons. The maximum atomic E-state index is 9.40. The third kappa shape index (κ3) is 2.91. The fourth-order valence-electron chi connectivity index (χ4n) is 2.51. The lowest BCUT2D eigenvalue weighted by atomic mass is 10.2. The first kappa shape index (κ1) is 13.3. The fourth-order valence-corrected chi connectivity index (χ4v) is 3.18. The average molecular weight is 290 g/mol. The molecule has 1 fully saturated rings. The van der Waals surface area contributed by atoms with Crippen LogP contribution in [0.2, 0.25) is 0 Å². The summed E-state index contributed by atoms with van der Waals surface area (Å²) in [6, 6.07) is 4.25. The lowest BCUT2D eigenvalue weighted by molar-refractivity contribution is 0.266. The maximum Gasteiger partial charge on any atom is 0.134 e. The highest BCUT2D eigenvalue weighted by molar-refractivity contribution is 7.07. The molecule has 0 amide bonds. The molecule has 2 aromatic heterocycles. The topological polar surface area (TPSA) is 61.3 Å². The van der Waals surface area contributed by atoms with E-state index in [1.807, 2.05) is 6.07 Å². The van der Waals surface area contributed by atoms with E-state index in [9.17, 15) is 5.11 Å². The number of aliphatic hydroxyl groups is 1. The molecule has 0 radical (unpaired) electrons. The largest absolute Gasteiger partial charge is 0.394 e. The number of anilines is 2. The number of nitrogens with zero attached hydrogens (tertiary/aromatic N) is 3. The molecule has 2 N–H and O–H groups in total. The van der Waals surface area contributed by atoms with E-state index in [0.717, 1.165) is 37.6 Å². The van der Waals surface area contributed by atoms with Gasteiger partial charge in [0.25, 0.3) is 0 Å². The van der Waals surface area contributed by atoms with Crippen molar-refractivity contribution in [2.75, 3.05) is 23.4 Å². The highest BCUT2D eigenvalue weighted by Crippen LogP contribution is 2.24. The highest BCUT2D eigenvalue weighted by atomic mass is 32.1. The quantitative estimate of drug-likeness (QED) is 0.883. The molecule has 3 rings (SSSR count).